The number of hydrogen-bond donors (Lipinski definition) is 3. The van der Waals surface area contributed by atoms with Crippen molar-refractivity contribution >= 4 is 11.9 Å². The lowest BCUT2D eigenvalue weighted by Gasteiger charge is -2.10. The fourth-order valence-corrected chi connectivity index (χ4v) is 1.27. The quantitative estimate of drug-likeness (QED) is 0.782. The van der Waals surface area contributed by atoms with Crippen molar-refractivity contribution in [3.8, 4) is 0 Å². The lowest BCUT2D eigenvalue weighted by Crippen LogP contribution is -2.41. The SMILES string of the molecule is CCNC(=O)C(N)Cc1ccccc1.O=C(O)C(F)(F)F. The molecule has 0 aliphatic carbocycles. The van der Waals surface area contributed by atoms with Gasteiger partial charge >= 0.3 is 12.1 Å². The van der Waals surface area contributed by atoms with Crippen molar-refractivity contribution in [1.82, 2.24) is 5.32 Å². The molecule has 0 fully saturated rings. The summed E-state index contributed by atoms with van der Waals surface area (Å²) in [6.45, 7) is 2.51. The number of halogens is 3. The summed E-state index contributed by atoms with van der Waals surface area (Å²) < 4.78 is 31.7. The number of likely N-dealkylation sites (N-methyl/N-ethyl adjacent to an activating group) is 1. The molecule has 21 heavy (non-hydrogen) atoms. The molecule has 0 spiro atoms. The predicted octanol–water partition coefficient (Wildman–Crippen LogP) is 1.33. The van der Waals surface area contributed by atoms with Crippen LogP contribution in [0.25, 0.3) is 0 Å². The molecule has 118 valence electrons. The normalized spacial score (nSPS) is 11.9. The molecule has 0 heterocycles. The number of carbonyl (C=O) groups excluding carboxylic acids is 1. The molecule has 8 heteroatoms. The molecule has 0 saturated heterocycles. The summed E-state index contributed by atoms with van der Waals surface area (Å²) in [7, 11) is 0. The Balaban J connectivity index is 0.000000486. The number of alkyl halides is 3. The second-order valence-electron chi connectivity index (χ2n) is 3.99. The Morgan fingerprint density at radius 3 is 2.14 bits per heavy atom. The fraction of sp³-hybridized carbons (Fsp3) is 0.385. The van der Waals surface area contributed by atoms with Gasteiger partial charge in [0.25, 0.3) is 0 Å². The highest BCUT2D eigenvalue weighted by molar-refractivity contribution is 5.81. The van der Waals surface area contributed by atoms with Crippen molar-refractivity contribution in [3.05, 3.63) is 35.9 Å². The van der Waals surface area contributed by atoms with Crippen molar-refractivity contribution in [3.63, 3.8) is 0 Å². The zero-order valence-corrected chi connectivity index (χ0v) is 11.4. The Morgan fingerprint density at radius 1 is 1.29 bits per heavy atom. The standard InChI is InChI=1S/C11H16N2O.C2HF3O2/c1-2-13-11(14)10(12)8-9-6-4-3-5-7-9;3-2(4,5)1(6)7/h3-7,10H,2,8,12H2,1H3,(H,13,14);(H,6,7). The topological polar surface area (TPSA) is 92.4 Å². The molecule has 1 amide bonds. The van der Waals surface area contributed by atoms with Crippen LogP contribution in [0.3, 0.4) is 0 Å². The molecule has 4 N–H and O–H groups in total. The van der Waals surface area contributed by atoms with E-state index >= 15 is 0 Å². The van der Waals surface area contributed by atoms with Gasteiger partial charge in [-0.15, -0.1) is 0 Å². The molecule has 5 nitrogen and oxygen atoms in total. The van der Waals surface area contributed by atoms with E-state index in [0.29, 0.717) is 13.0 Å². The van der Waals surface area contributed by atoms with E-state index in [-0.39, 0.29) is 5.91 Å². The molecule has 0 aromatic heterocycles. The third-order valence-electron chi connectivity index (χ3n) is 2.23. The predicted molar refractivity (Wildman–Crippen MR) is 70.5 cm³/mol. The van der Waals surface area contributed by atoms with Gasteiger partial charge < -0.3 is 16.2 Å². The molecule has 0 bridgehead atoms. The average molecular weight is 306 g/mol. The van der Waals surface area contributed by atoms with E-state index in [1.54, 1.807) is 0 Å². The van der Waals surface area contributed by atoms with E-state index in [4.69, 9.17) is 15.6 Å². The van der Waals surface area contributed by atoms with Crippen LogP contribution in [0, 0.1) is 0 Å². The van der Waals surface area contributed by atoms with Crippen molar-refractivity contribution < 1.29 is 27.9 Å². The smallest absolute Gasteiger partial charge is 0.475 e. The summed E-state index contributed by atoms with van der Waals surface area (Å²) in [6.07, 6.45) is -4.49. The Kier molecular flexibility index (Phi) is 8.07. The van der Waals surface area contributed by atoms with Gasteiger partial charge in [-0.05, 0) is 18.9 Å². The third-order valence-corrected chi connectivity index (χ3v) is 2.23. The molecule has 0 radical (unpaired) electrons. The number of carbonyl (C=O) groups is 2. The summed E-state index contributed by atoms with van der Waals surface area (Å²) in [6, 6.07) is 9.33. The van der Waals surface area contributed by atoms with Crippen LogP contribution >= 0.6 is 0 Å². The molecule has 1 unspecified atom stereocenters. The molecule has 0 aliphatic heterocycles. The van der Waals surface area contributed by atoms with Gasteiger partial charge in [-0.2, -0.15) is 13.2 Å². The minimum atomic E-state index is -5.08. The van der Waals surface area contributed by atoms with E-state index < -0.39 is 18.2 Å². The van der Waals surface area contributed by atoms with Gasteiger partial charge in [-0.3, -0.25) is 4.79 Å². The first-order chi connectivity index (χ1) is 9.68. The highest BCUT2D eigenvalue weighted by Gasteiger charge is 2.38. The van der Waals surface area contributed by atoms with Crippen molar-refractivity contribution in [2.75, 3.05) is 6.54 Å². The minimum absolute atomic E-state index is 0.0867. The number of rotatable bonds is 4. The number of carboxylic acids is 1. The maximum Gasteiger partial charge on any atom is 0.490 e. The van der Waals surface area contributed by atoms with Gasteiger partial charge in [0.1, 0.15) is 0 Å². The van der Waals surface area contributed by atoms with Crippen LogP contribution in [0.1, 0.15) is 12.5 Å². The van der Waals surface area contributed by atoms with E-state index in [9.17, 15) is 18.0 Å². The summed E-state index contributed by atoms with van der Waals surface area (Å²) in [5.41, 5.74) is 6.81. The van der Waals surface area contributed by atoms with Crippen molar-refractivity contribution in [2.24, 2.45) is 5.73 Å². The van der Waals surface area contributed by atoms with E-state index in [2.05, 4.69) is 5.32 Å². The highest BCUT2D eigenvalue weighted by Crippen LogP contribution is 2.13. The Morgan fingerprint density at radius 2 is 1.76 bits per heavy atom. The van der Waals surface area contributed by atoms with Crippen LogP contribution in [0.15, 0.2) is 30.3 Å². The van der Waals surface area contributed by atoms with E-state index in [1.165, 1.54) is 0 Å². The number of nitrogens with one attached hydrogen (secondary N) is 1. The molecule has 1 aromatic rings. The lowest BCUT2D eigenvalue weighted by molar-refractivity contribution is -0.192. The number of carboxylic acid groups (broad SMARTS) is 1. The van der Waals surface area contributed by atoms with E-state index in [1.807, 2.05) is 37.3 Å². The van der Waals surface area contributed by atoms with Gasteiger partial charge in [-0.1, -0.05) is 30.3 Å². The first-order valence-electron chi connectivity index (χ1n) is 6.05. The molecule has 0 saturated carbocycles. The van der Waals surface area contributed by atoms with Crippen LogP contribution in [0.2, 0.25) is 0 Å². The molecule has 1 rings (SSSR count). The number of amides is 1. The fourth-order valence-electron chi connectivity index (χ4n) is 1.27. The minimum Gasteiger partial charge on any atom is -0.475 e. The number of aliphatic carboxylic acids is 1. The first-order valence-corrected chi connectivity index (χ1v) is 6.05. The Labute approximate surface area is 119 Å². The molecule has 1 atom stereocenters. The van der Waals surface area contributed by atoms with Crippen LogP contribution in [0.4, 0.5) is 13.2 Å². The number of benzene rings is 1. The maximum absolute atomic E-state index is 11.3. The van der Waals surface area contributed by atoms with Gasteiger partial charge in [-0.25, -0.2) is 4.79 Å². The summed E-state index contributed by atoms with van der Waals surface area (Å²) in [5, 5.41) is 9.83. The van der Waals surface area contributed by atoms with Crippen LogP contribution in [-0.2, 0) is 16.0 Å². The molecular formula is C13H17F3N2O3. The molecular weight excluding hydrogens is 289 g/mol. The summed E-state index contributed by atoms with van der Waals surface area (Å²) >= 11 is 0. The monoisotopic (exact) mass is 306 g/mol. The second-order valence-corrected chi connectivity index (χ2v) is 3.99. The first kappa shape index (κ1) is 18.9. The molecule has 1 aromatic carbocycles. The second kappa shape index (κ2) is 8.96. The highest BCUT2D eigenvalue weighted by atomic mass is 19.4. The van der Waals surface area contributed by atoms with Gasteiger partial charge in [0.05, 0.1) is 6.04 Å². The van der Waals surface area contributed by atoms with E-state index in [0.717, 1.165) is 5.56 Å². The molecule has 0 aliphatic rings. The van der Waals surface area contributed by atoms with Crippen molar-refractivity contribution in [1.29, 1.82) is 0 Å². The lowest BCUT2D eigenvalue weighted by atomic mass is 10.1. The Bertz CT molecular complexity index is 450. The Hall–Kier alpha value is -2.09. The third kappa shape index (κ3) is 8.64. The summed E-state index contributed by atoms with van der Waals surface area (Å²) in [4.78, 5) is 20.2. The van der Waals surface area contributed by atoms with Crippen LogP contribution in [0.5, 0.6) is 0 Å². The van der Waals surface area contributed by atoms with Crippen LogP contribution in [-0.4, -0.2) is 35.7 Å². The van der Waals surface area contributed by atoms with Crippen molar-refractivity contribution in [2.45, 2.75) is 25.6 Å². The van der Waals surface area contributed by atoms with Gasteiger partial charge in [0, 0.05) is 6.54 Å². The number of hydrogen-bond acceptors (Lipinski definition) is 3. The average Bonchev–Trinajstić information content (AvgIpc) is 2.39. The largest absolute Gasteiger partial charge is 0.490 e. The zero-order valence-electron chi connectivity index (χ0n) is 11.4. The van der Waals surface area contributed by atoms with Crippen LogP contribution < -0.4 is 11.1 Å². The number of nitrogens with two attached hydrogens (primary N) is 1. The maximum atomic E-state index is 11.3. The van der Waals surface area contributed by atoms with Gasteiger partial charge in [0.2, 0.25) is 5.91 Å². The van der Waals surface area contributed by atoms with Gasteiger partial charge in [0.15, 0.2) is 0 Å². The zero-order chi connectivity index (χ0) is 16.5. The summed E-state index contributed by atoms with van der Waals surface area (Å²) in [5.74, 6) is -2.84.